The fourth-order valence-electron chi connectivity index (χ4n) is 4.83. The second kappa shape index (κ2) is 19.2. The number of methoxy groups -OCH3 is 1. The largest absolute Gasteiger partial charge is 0.467 e. The molecular formula is C34H55N11O6. The van der Waals surface area contributed by atoms with E-state index in [9.17, 15) is 19.2 Å². The first kappa shape index (κ1) is 41.8. The molecule has 51 heavy (non-hydrogen) atoms. The molecule has 0 saturated heterocycles. The van der Waals surface area contributed by atoms with Crippen LogP contribution in [0.1, 0.15) is 78.5 Å². The second-order valence-corrected chi connectivity index (χ2v) is 14.0. The Morgan fingerprint density at radius 3 is 1.84 bits per heavy atom. The van der Waals surface area contributed by atoms with Gasteiger partial charge in [-0.2, -0.15) is 0 Å². The number of aromatic amines is 1. The summed E-state index contributed by atoms with van der Waals surface area (Å²) in [6.45, 7) is 11.8. The van der Waals surface area contributed by atoms with Gasteiger partial charge < -0.3 is 53.3 Å². The van der Waals surface area contributed by atoms with Gasteiger partial charge in [0.15, 0.2) is 11.9 Å². The Morgan fingerprint density at radius 2 is 1.33 bits per heavy atom. The van der Waals surface area contributed by atoms with Gasteiger partial charge in [-0.25, -0.2) is 14.6 Å². The molecule has 282 valence electrons. The average molecular weight is 714 g/mol. The standard InChI is InChI=1S/C34H55N11O6/c1-33(2,3)21-14-12-20(13-15-21)26-41-19-22(42-26)18-25(28(47)43-24(29(48)50-7)11-9-17-40-31(37)38)44-27(46)23(10-8-16-39-30(35)36)45-32(49)51-34(4,5)6/h12-15,19,23-25H,8-11,16-18H2,1-7H3,(H,41,42)(H,43,47)(H,44,46)(H,45,49)(H4,35,36,39)(H4,37,38,40)/t23-,24-,25-/m0/s1. The molecular weight excluding hydrogens is 658 g/mol. The first-order chi connectivity index (χ1) is 23.8. The Balaban J connectivity index is 2.39. The Kier molecular flexibility index (Phi) is 15.7. The Hall–Kier alpha value is -5.35. The highest BCUT2D eigenvalue weighted by Crippen LogP contribution is 2.25. The highest BCUT2D eigenvalue weighted by Gasteiger charge is 2.31. The van der Waals surface area contributed by atoms with E-state index in [1.165, 1.54) is 7.11 Å². The molecule has 0 spiro atoms. The third-order valence-corrected chi connectivity index (χ3v) is 7.41. The number of hydrogen-bond acceptors (Lipinski definition) is 9. The number of nitrogens with zero attached hydrogens (tertiary/aromatic N) is 3. The van der Waals surface area contributed by atoms with Crippen molar-refractivity contribution < 1.29 is 28.7 Å². The fraction of sp³-hybridized carbons (Fsp3) is 0.559. The van der Waals surface area contributed by atoms with E-state index >= 15 is 0 Å². The molecule has 0 aliphatic heterocycles. The molecule has 3 amide bonds. The zero-order valence-electron chi connectivity index (χ0n) is 30.7. The number of nitrogens with two attached hydrogens (primary N) is 4. The number of amides is 3. The lowest BCUT2D eigenvalue weighted by atomic mass is 9.87. The molecule has 12 N–H and O–H groups in total. The smallest absolute Gasteiger partial charge is 0.408 e. The number of alkyl carbamates (subject to hydrolysis) is 1. The summed E-state index contributed by atoms with van der Waals surface area (Å²) in [4.78, 5) is 68.5. The van der Waals surface area contributed by atoms with Crippen LogP contribution in [-0.2, 0) is 35.7 Å². The highest BCUT2D eigenvalue weighted by atomic mass is 16.6. The molecule has 0 unspecified atom stereocenters. The molecule has 3 atom stereocenters. The number of hydrogen-bond donors (Lipinski definition) is 8. The van der Waals surface area contributed by atoms with Crippen LogP contribution >= 0.6 is 0 Å². The van der Waals surface area contributed by atoms with Gasteiger partial charge in [-0.05, 0) is 57.4 Å². The molecule has 17 heteroatoms. The van der Waals surface area contributed by atoms with Crippen molar-refractivity contribution in [1.82, 2.24) is 25.9 Å². The number of imidazole rings is 1. The van der Waals surface area contributed by atoms with E-state index in [1.807, 2.05) is 24.3 Å². The van der Waals surface area contributed by atoms with E-state index in [0.717, 1.165) is 11.1 Å². The third kappa shape index (κ3) is 15.4. The molecule has 1 aromatic heterocycles. The minimum Gasteiger partial charge on any atom is -0.467 e. The molecule has 0 aliphatic rings. The number of guanidine groups is 2. The molecule has 0 bridgehead atoms. The highest BCUT2D eigenvalue weighted by molar-refractivity contribution is 5.93. The van der Waals surface area contributed by atoms with Crippen LogP contribution in [0.3, 0.4) is 0 Å². The van der Waals surface area contributed by atoms with E-state index in [1.54, 1.807) is 27.0 Å². The molecule has 0 aliphatic carbocycles. The van der Waals surface area contributed by atoms with E-state index in [2.05, 4.69) is 56.7 Å². The normalized spacial score (nSPS) is 13.2. The summed E-state index contributed by atoms with van der Waals surface area (Å²) in [5, 5.41) is 8.00. The minimum absolute atomic E-state index is 0.0279. The van der Waals surface area contributed by atoms with Gasteiger partial charge >= 0.3 is 12.1 Å². The van der Waals surface area contributed by atoms with Crippen LogP contribution in [0, 0.1) is 0 Å². The van der Waals surface area contributed by atoms with Crippen molar-refractivity contribution >= 4 is 35.8 Å². The van der Waals surface area contributed by atoms with Crippen LogP contribution in [0.15, 0.2) is 40.4 Å². The quantitative estimate of drug-likeness (QED) is 0.0496. The van der Waals surface area contributed by atoms with Gasteiger partial charge in [-0.1, -0.05) is 45.0 Å². The van der Waals surface area contributed by atoms with Crippen LogP contribution < -0.4 is 38.9 Å². The maximum atomic E-state index is 13.8. The van der Waals surface area contributed by atoms with Crippen LogP contribution in [0.25, 0.3) is 11.4 Å². The lowest BCUT2D eigenvalue weighted by Gasteiger charge is -2.26. The number of rotatable bonds is 17. The Labute approximate surface area is 299 Å². The number of esters is 1. The number of carbonyl (C=O) groups excluding carboxylic acids is 4. The zero-order valence-corrected chi connectivity index (χ0v) is 30.7. The topological polar surface area (TPSA) is 280 Å². The van der Waals surface area contributed by atoms with Gasteiger partial charge in [-0.15, -0.1) is 0 Å². The number of H-pyrrole nitrogens is 1. The van der Waals surface area contributed by atoms with E-state index in [-0.39, 0.29) is 49.7 Å². The molecule has 17 nitrogen and oxygen atoms in total. The van der Waals surface area contributed by atoms with Crippen molar-refractivity contribution in [2.45, 2.75) is 103 Å². The van der Waals surface area contributed by atoms with Gasteiger partial charge in [0.05, 0.1) is 7.11 Å². The summed E-state index contributed by atoms with van der Waals surface area (Å²) >= 11 is 0. The van der Waals surface area contributed by atoms with Gasteiger partial charge in [0, 0.05) is 37.0 Å². The monoisotopic (exact) mass is 713 g/mol. The number of carbonyl (C=O) groups is 4. The van der Waals surface area contributed by atoms with Gasteiger partial charge in [0.1, 0.15) is 29.6 Å². The molecule has 1 aromatic carbocycles. The Bertz CT molecular complexity index is 1520. The van der Waals surface area contributed by atoms with Crippen molar-refractivity contribution in [2.75, 3.05) is 20.2 Å². The lowest BCUT2D eigenvalue weighted by Crippen LogP contribution is -2.56. The zero-order chi connectivity index (χ0) is 38.4. The van der Waals surface area contributed by atoms with Crippen molar-refractivity contribution in [2.24, 2.45) is 32.9 Å². The Morgan fingerprint density at radius 1 is 0.804 bits per heavy atom. The predicted molar refractivity (Wildman–Crippen MR) is 195 cm³/mol. The first-order valence-corrected chi connectivity index (χ1v) is 16.7. The summed E-state index contributed by atoms with van der Waals surface area (Å²) in [5.41, 5.74) is 23.3. The van der Waals surface area contributed by atoms with Crippen molar-refractivity contribution in [3.63, 3.8) is 0 Å². The van der Waals surface area contributed by atoms with Crippen LogP contribution in [0.2, 0.25) is 0 Å². The lowest BCUT2D eigenvalue weighted by molar-refractivity contribution is -0.145. The van der Waals surface area contributed by atoms with E-state index < -0.39 is 47.6 Å². The molecule has 0 fully saturated rings. The average Bonchev–Trinajstić information content (AvgIpc) is 3.50. The number of nitrogens with one attached hydrogen (secondary N) is 4. The third-order valence-electron chi connectivity index (χ3n) is 7.41. The maximum Gasteiger partial charge on any atom is 0.408 e. The molecule has 0 radical (unpaired) electrons. The molecule has 2 rings (SSSR count). The summed E-state index contributed by atoms with van der Waals surface area (Å²) in [5.74, 6) is -1.70. The number of ether oxygens (including phenoxy) is 2. The van der Waals surface area contributed by atoms with Crippen molar-refractivity contribution in [3.8, 4) is 11.4 Å². The van der Waals surface area contributed by atoms with Crippen molar-refractivity contribution in [1.29, 1.82) is 0 Å². The molecule has 0 saturated carbocycles. The van der Waals surface area contributed by atoms with Crippen LogP contribution in [0.5, 0.6) is 0 Å². The summed E-state index contributed by atoms with van der Waals surface area (Å²) < 4.78 is 10.3. The molecule has 1 heterocycles. The number of benzene rings is 1. The van der Waals surface area contributed by atoms with Gasteiger partial charge in [-0.3, -0.25) is 19.6 Å². The molecule has 2 aromatic rings. The SMILES string of the molecule is COC(=O)[C@H](CCCN=C(N)N)NC(=O)[C@H](Cc1cnc(-c2ccc(C(C)(C)C)cc2)[nH]1)NC(=O)[C@H](CCCN=C(N)N)NC(=O)OC(C)(C)C. The van der Waals surface area contributed by atoms with E-state index in [0.29, 0.717) is 24.4 Å². The van der Waals surface area contributed by atoms with Crippen LogP contribution in [0.4, 0.5) is 4.79 Å². The first-order valence-electron chi connectivity index (χ1n) is 16.7. The van der Waals surface area contributed by atoms with Gasteiger partial charge in [0.25, 0.3) is 0 Å². The number of aromatic nitrogens is 2. The maximum absolute atomic E-state index is 13.8. The summed E-state index contributed by atoms with van der Waals surface area (Å²) in [6, 6.07) is 4.54. The van der Waals surface area contributed by atoms with Gasteiger partial charge in [0.2, 0.25) is 11.8 Å². The second-order valence-electron chi connectivity index (χ2n) is 14.0. The predicted octanol–water partition coefficient (Wildman–Crippen LogP) is 1.06. The minimum atomic E-state index is -1.22. The summed E-state index contributed by atoms with van der Waals surface area (Å²) in [6.07, 6.45) is 1.64. The summed E-state index contributed by atoms with van der Waals surface area (Å²) in [7, 11) is 1.20. The van der Waals surface area contributed by atoms with Crippen LogP contribution in [-0.4, -0.2) is 89.7 Å². The number of aliphatic imine (C=N–C) groups is 2. The fourth-order valence-corrected chi connectivity index (χ4v) is 4.83. The van der Waals surface area contributed by atoms with E-state index in [4.69, 9.17) is 32.4 Å². The van der Waals surface area contributed by atoms with Crippen molar-refractivity contribution in [3.05, 3.63) is 41.7 Å².